The van der Waals surface area contributed by atoms with Gasteiger partial charge in [0.15, 0.2) is 0 Å². The first-order valence-electron chi connectivity index (χ1n) is 10.00. The van der Waals surface area contributed by atoms with Crippen LogP contribution in [0.4, 0.5) is 5.82 Å². The molecule has 1 N–H and O–H groups in total. The van der Waals surface area contributed by atoms with Crippen molar-refractivity contribution in [3.63, 3.8) is 0 Å². The van der Waals surface area contributed by atoms with Crippen molar-refractivity contribution in [2.24, 2.45) is 0 Å². The number of aryl methyl sites for hydroxylation is 1. The number of carbonyl (C=O) groups excluding carboxylic acids is 1. The summed E-state index contributed by atoms with van der Waals surface area (Å²) in [6.07, 6.45) is 1.54. The van der Waals surface area contributed by atoms with Gasteiger partial charge in [-0.15, -0.1) is 0 Å². The number of morpholine rings is 2. The van der Waals surface area contributed by atoms with E-state index in [1.54, 1.807) is 0 Å². The van der Waals surface area contributed by atoms with Gasteiger partial charge < -0.3 is 24.6 Å². The molecule has 0 aromatic carbocycles. The number of likely N-dealkylation sites (tertiary alicyclic amines) is 1. The lowest BCUT2D eigenvalue weighted by Gasteiger charge is -2.35. The highest BCUT2D eigenvalue weighted by Crippen LogP contribution is 2.29. The predicted octanol–water partition coefficient (Wildman–Crippen LogP) is 0.316. The Morgan fingerprint density at radius 3 is 2.63 bits per heavy atom. The lowest BCUT2D eigenvalue weighted by Crippen LogP contribution is -2.51. The number of piperidine rings is 1. The van der Waals surface area contributed by atoms with Crippen molar-refractivity contribution in [3.8, 4) is 0 Å². The van der Waals surface area contributed by atoms with Crippen molar-refractivity contribution in [3.05, 3.63) is 17.6 Å². The van der Waals surface area contributed by atoms with Gasteiger partial charge in [0.05, 0.1) is 19.8 Å². The monoisotopic (exact) mass is 375 g/mol. The maximum atomic E-state index is 12.6. The van der Waals surface area contributed by atoms with Crippen LogP contribution in [0.2, 0.25) is 0 Å². The van der Waals surface area contributed by atoms with E-state index in [0.717, 1.165) is 76.1 Å². The number of carbonyl (C=O) groups is 1. The zero-order chi connectivity index (χ0) is 18.6. The Morgan fingerprint density at radius 2 is 1.93 bits per heavy atom. The van der Waals surface area contributed by atoms with Gasteiger partial charge in [0.2, 0.25) is 0 Å². The number of nitrogens with zero attached hydrogens (tertiary/aromatic N) is 4. The van der Waals surface area contributed by atoms with Gasteiger partial charge in [-0.1, -0.05) is 0 Å². The Kier molecular flexibility index (Phi) is 5.85. The molecule has 27 heavy (non-hydrogen) atoms. The molecule has 0 saturated carbocycles. The quantitative estimate of drug-likeness (QED) is 0.815. The number of anilines is 1. The molecular weight excluding hydrogens is 346 g/mol. The van der Waals surface area contributed by atoms with Crippen LogP contribution in [0.15, 0.2) is 6.07 Å². The summed E-state index contributed by atoms with van der Waals surface area (Å²) in [5.41, 5.74) is 1.10. The van der Waals surface area contributed by atoms with Crippen LogP contribution in [0.3, 0.4) is 0 Å². The van der Waals surface area contributed by atoms with Gasteiger partial charge in [0.1, 0.15) is 17.7 Å². The summed E-state index contributed by atoms with van der Waals surface area (Å²) in [4.78, 5) is 26.2. The van der Waals surface area contributed by atoms with Gasteiger partial charge in [-0.2, -0.15) is 0 Å². The highest BCUT2D eigenvalue weighted by atomic mass is 16.5. The van der Waals surface area contributed by atoms with Crippen LogP contribution in [-0.2, 0) is 14.3 Å². The third kappa shape index (κ3) is 4.39. The fourth-order valence-electron chi connectivity index (χ4n) is 4.06. The van der Waals surface area contributed by atoms with Crippen LogP contribution in [0, 0.1) is 6.92 Å². The Hall–Kier alpha value is -1.77. The van der Waals surface area contributed by atoms with E-state index in [2.05, 4.69) is 21.3 Å². The second kappa shape index (κ2) is 8.50. The van der Waals surface area contributed by atoms with E-state index in [1.807, 2.05) is 11.8 Å². The minimum atomic E-state index is -0.329. The molecule has 3 aliphatic rings. The molecule has 4 rings (SSSR count). The molecular formula is C19H29N5O3. The molecule has 8 heteroatoms. The average Bonchev–Trinajstić information content (AvgIpc) is 2.74. The third-order valence-corrected chi connectivity index (χ3v) is 5.61. The molecule has 1 aromatic rings. The summed E-state index contributed by atoms with van der Waals surface area (Å²) >= 11 is 0. The molecule has 3 fully saturated rings. The van der Waals surface area contributed by atoms with E-state index in [1.165, 1.54) is 0 Å². The van der Waals surface area contributed by atoms with Crippen molar-refractivity contribution < 1.29 is 14.3 Å². The number of aromatic nitrogens is 2. The summed E-state index contributed by atoms with van der Waals surface area (Å²) in [7, 11) is 0. The molecule has 1 aromatic heterocycles. The van der Waals surface area contributed by atoms with E-state index in [4.69, 9.17) is 14.5 Å². The molecule has 1 unspecified atom stereocenters. The number of rotatable bonds is 3. The van der Waals surface area contributed by atoms with Crippen LogP contribution in [0.5, 0.6) is 0 Å². The van der Waals surface area contributed by atoms with Crippen LogP contribution in [-0.4, -0.2) is 86.0 Å². The number of nitrogens with one attached hydrogen (secondary N) is 1. The molecule has 3 aliphatic heterocycles. The Bertz CT molecular complexity index is 651. The first-order chi connectivity index (χ1) is 13.2. The molecule has 3 saturated heterocycles. The van der Waals surface area contributed by atoms with Crippen molar-refractivity contribution >= 4 is 11.7 Å². The maximum absolute atomic E-state index is 12.6. The lowest BCUT2D eigenvalue weighted by atomic mass is 9.92. The first-order valence-corrected chi connectivity index (χ1v) is 10.00. The van der Waals surface area contributed by atoms with Gasteiger partial charge in [0, 0.05) is 56.9 Å². The summed E-state index contributed by atoms with van der Waals surface area (Å²) in [5.74, 6) is 2.31. The zero-order valence-corrected chi connectivity index (χ0v) is 16.0. The standard InChI is InChI=1S/C19H29N5O3/c1-14-21-16(12-18(22-14)23-7-10-26-11-8-23)15-2-5-24(6-3-15)19(25)17-13-20-4-9-27-17/h12,15,17,20H,2-11,13H2,1H3. The molecule has 0 radical (unpaired) electrons. The van der Waals surface area contributed by atoms with Gasteiger partial charge >= 0.3 is 0 Å². The smallest absolute Gasteiger partial charge is 0.253 e. The third-order valence-electron chi connectivity index (χ3n) is 5.61. The summed E-state index contributed by atoms with van der Waals surface area (Å²) in [5, 5.41) is 3.23. The fraction of sp³-hybridized carbons (Fsp3) is 0.737. The topological polar surface area (TPSA) is 79.8 Å². The molecule has 4 heterocycles. The van der Waals surface area contributed by atoms with Crippen LogP contribution < -0.4 is 10.2 Å². The van der Waals surface area contributed by atoms with Crippen molar-refractivity contribution in [1.82, 2.24) is 20.2 Å². The molecule has 0 bridgehead atoms. The second-order valence-corrected chi connectivity index (χ2v) is 7.46. The predicted molar refractivity (Wildman–Crippen MR) is 101 cm³/mol. The Morgan fingerprint density at radius 1 is 1.15 bits per heavy atom. The minimum absolute atomic E-state index is 0.119. The molecule has 0 aliphatic carbocycles. The maximum Gasteiger partial charge on any atom is 0.253 e. The highest BCUT2D eigenvalue weighted by molar-refractivity contribution is 5.81. The van der Waals surface area contributed by atoms with Crippen LogP contribution in [0.1, 0.15) is 30.3 Å². The number of hydrogen-bond acceptors (Lipinski definition) is 7. The molecule has 1 atom stereocenters. The van der Waals surface area contributed by atoms with Gasteiger partial charge in [-0.05, 0) is 19.8 Å². The largest absolute Gasteiger partial charge is 0.378 e. The summed E-state index contributed by atoms with van der Waals surface area (Å²) in [6, 6.07) is 2.13. The number of ether oxygens (including phenoxy) is 2. The molecule has 0 spiro atoms. The van der Waals surface area contributed by atoms with E-state index in [9.17, 15) is 4.79 Å². The molecule has 148 valence electrons. The average molecular weight is 375 g/mol. The fourth-order valence-corrected chi connectivity index (χ4v) is 4.06. The van der Waals surface area contributed by atoms with E-state index in [0.29, 0.717) is 19.1 Å². The van der Waals surface area contributed by atoms with Crippen LogP contribution in [0.25, 0.3) is 0 Å². The van der Waals surface area contributed by atoms with Gasteiger partial charge in [-0.3, -0.25) is 4.79 Å². The zero-order valence-electron chi connectivity index (χ0n) is 16.0. The van der Waals surface area contributed by atoms with E-state index in [-0.39, 0.29) is 12.0 Å². The number of amides is 1. The van der Waals surface area contributed by atoms with Crippen molar-refractivity contribution in [2.75, 3.05) is 64.0 Å². The lowest BCUT2D eigenvalue weighted by molar-refractivity contribution is -0.146. The molecule has 1 amide bonds. The van der Waals surface area contributed by atoms with Gasteiger partial charge in [0.25, 0.3) is 5.91 Å². The molecule has 8 nitrogen and oxygen atoms in total. The van der Waals surface area contributed by atoms with Crippen LogP contribution >= 0.6 is 0 Å². The van der Waals surface area contributed by atoms with Crippen molar-refractivity contribution in [1.29, 1.82) is 0 Å². The highest BCUT2D eigenvalue weighted by Gasteiger charge is 2.31. The Balaban J connectivity index is 1.39. The second-order valence-electron chi connectivity index (χ2n) is 7.46. The summed E-state index contributed by atoms with van der Waals surface area (Å²) in [6.45, 7) is 8.77. The number of hydrogen-bond donors (Lipinski definition) is 1. The summed E-state index contributed by atoms with van der Waals surface area (Å²) < 4.78 is 11.1. The first kappa shape index (κ1) is 18.6. The SMILES string of the molecule is Cc1nc(C2CCN(C(=O)C3CNCCO3)CC2)cc(N2CCOCC2)n1. The van der Waals surface area contributed by atoms with Crippen molar-refractivity contribution in [2.45, 2.75) is 31.8 Å². The van der Waals surface area contributed by atoms with Gasteiger partial charge in [-0.25, -0.2) is 9.97 Å². The van der Waals surface area contributed by atoms with E-state index >= 15 is 0 Å². The minimum Gasteiger partial charge on any atom is -0.378 e. The normalized spacial score (nSPS) is 24.9. The van der Waals surface area contributed by atoms with E-state index < -0.39 is 0 Å². The Labute approximate surface area is 160 Å².